The predicted octanol–water partition coefficient (Wildman–Crippen LogP) is 3.45. The standard InChI is InChI=1S/C24H40O5/c1-13(4-7-21(28)29)16-5-6-17-22-18(12-20(27)24(16,17)3)23(2)9-8-15(25)10-14(23)11-19(22)26/h13-20,22,25-27H,4-12H2,1-3H3,(H,28,29)/t13?,14-,15-,16?,17+,18?,19+,20?,22-,23?,24?/m1/s1. The SMILES string of the molecule is CC(CCC(=O)O)C1CC[C@H]2[C@@H]3C(CC(O)C12C)C1(C)CC[C@@H](O)C[C@@H]1C[C@@H]3O. The maximum atomic E-state index is 11.5. The fourth-order valence-electron chi connectivity index (χ4n) is 8.68. The van der Waals surface area contributed by atoms with E-state index in [1.165, 1.54) is 0 Å². The maximum Gasteiger partial charge on any atom is 0.303 e. The lowest BCUT2D eigenvalue weighted by molar-refractivity contribution is -0.207. The molecule has 29 heavy (non-hydrogen) atoms. The minimum atomic E-state index is -0.748. The van der Waals surface area contributed by atoms with Crippen LogP contribution in [0.4, 0.5) is 0 Å². The highest BCUT2D eigenvalue weighted by molar-refractivity contribution is 5.66. The Morgan fingerprint density at radius 3 is 2.45 bits per heavy atom. The van der Waals surface area contributed by atoms with Gasteiger partial charge in [0.2, 0.25) is 0 Å². The molecule has 11 atom stereocenters. The molecule has 0 aliphatic heterocycles. The second-order valence-electron chi connectivity index (χ2n) is 11.4. The summed E-state index contributed by atoms with van der Waals surface area (Å²) in [5, 5.41) is 42.0. The summed E-state index contributed by atoms with van der Waals surface area (Å²) in [6, 6.07) is 0. The van der Waals surface area contributed by atoms with Gasteiger partial charge in [0.1, 0.15) is 0 Å². The van der Waals surface area contributed by atoms with Crippen LogP contribution < -0.4 is 0 Å². The molecule has 4 fully saturated rings. The number of aliphatic hydroxyl groups is 3. The fourth-order valence-corrected chi connectivity index (χ4v) is 8.68. The minimum Gasteiger partial charge on any atom is -0.481 e. The van der Waals surface area contributed by atoms with E-state index in [1.54, 1.807) is 0 Å². The van der Waals surface area contributed by atoms with Crippen molar-refractivity contribution in [3.63, 3.8) is 0 Å². The number of fused-ring (bicyclic) bond motifs is 5. The summed E-state index contributed by atoms with van der Waals surface area (Å²) >= 11 is 0. The first-order valence-electron chi connectivity index (χ1n) is 11.8. The third-order valence-corrected chi connectivity index (χ3v) is 10.3. The Bertz CT molecular complexity index is 637. The molecule has 4 aliphatic rings. The van der Waals surface area contributed by atoms with E-state index in [0.29, 0.717) is 30.1 Å². The maximum absolute atomic E-state index is 11.5. The van der Waals surface area contributed by atoms with Crippen LogP contribution in [0.1, 0.15) is 78.6 Å². The molecular weight excluding hydrogens is 368 g/mol. The first kappa shape index (κ1) is 21.6. The minimum absolute atomic E-state index is 0.0957. The van der Waals surface area contributed by atoms with Gasteiger partial charge in [0, 0.05) is 6.42 Å². The van der Waals surface area contributed by atoms with Gasteiger partial charge in [-0.25, -0.2) is 0 Å². The van der Waals surface area contributed by atoms with Crippen LogP contribution in [0.3, 0.4) is 0 Å². The van der Waals surface area contributed by atoms with Crippen LogP contribution in [-0.4, -0.2) is 44.7 Å². The molecule has 0 aromatic carbocycles. The van der Waals surface area contributed by atoms with E-state index in [0.717, 1.165) is 44.9 Å². The molecule has 4 aliphatic carbocycles. The van der Waals surface area contributed by atoms with Crippen molar-refractivity contribution in [2.45, 2.75) is 96.9 Å². The summed E-state index contributed by atoms with van der Waals surface area (Å²) in [4.78, 5) is 11.1. The average Bonchev–Trinajstić information content (AvgIpc) is 3.01. The average molecular weight is 409 g/mol. The van der Waals surface area contributed by atoms with Crippen LogP contribution >= 0.6 is 0 Å². The number of aliphatic hydroxyl groups excluding tert-OH is 3. The number of rotatable bonds is 4. The number of aliphatic carboxylic acids is 1. The molecule has 5 heteroatoms. The highest BCUT2D eigenvalue weighted by Crippen LogP contribution is 2.68. The van der Waals surface area contributed by atoms with Crippen molar-refractivity contribution in [3.05, 3.63) is 0 Å². The Morgan fingerprint density at radius 2 is 1.76 bits per heavy atom. The number of carbonyl (C=O) groups is 1. The highest BCUT2D eigenvalue weighted by Gasteiger charge is 2.65. The summed E-state index contributed by atoms with van der Waals surface area (Å²) in [6.07, 6.45) is 6.00. The Kier molecular flexibility index (Phi) is 5.57. The van der Waals surface area contributed by atoms with Gasteiger partial charge in [-0.3, -0.25) is 4.79 Å². The topological polar surface area (TPSA) is 98.0 Å². The lowest BCUT2D eigenvalue weighted by Crippen LogP contribution is -2.62. The third kappa shape index (κ3) is 3.27. The van der Waals surface area contributed by atoms with Crippen LogP contribution in [0, 0.1) is 46.3 Å². The molecular formula is C24H40O5. The molecule has 4 saturated carbocycles. The van der Waals surface area contributed by atoms with E-state index in [9.17, 15) is 20.1 Å². The van der Waals surface area contributed by atoms with Gasteiger partial charge in [-0.15, -0.1) is 0 Å². The van der Waals surface area contributed by atoms with E-state index in [4.69, 9.17) is 5.11 Å². The van der Waals surface area contributed by atoms with Gasteiger partial charge in [0.25, 0.3) is 0 Å². The van der Waals surface area contributed by atoms with Crippen molar-refractivity contribution >= 4 is 5.97 Å². The molecule has 4 rings (SSSR count). The van der Waals surface area contributed by atoms with Gasteiger partial charge in [0.15, 0.2) is 0 Å². The Hall–Kier alpha value is -0.650. The van der Waals surface area contributed by atoms with Crippen molar-refractivity contribution in [2.24, 2.45) is 46.3 Å². The molecule has 0 aromatic heterocycles. The number of carboxylic acids is 1. The van der Waals surface area contributed by atoms with E-state index in [-0.39, 0.29) is 41.3 Å². The van der Waals surface area contributed by atoms with Crippen LogP contribution in [-0.2, 0) is 4.79 Å². The van der Waals surface area contributed by atoms with Crippen molar-refractivity contribution in [1.29, 1.82) is 0 Å². The summed E-state index contributed by atoms with van der Waals surface area (Å²) < 4.78 is 0. The van der Waals surface area contributed by atoms with E-state index in [2.05, 4.69) is 20.8 Å². The normalized spacial score (nSPS) is 52.9. The molecule has 0 radical (unpaired) electrons. The van der Waals surface area contributed by atoms with E-state index < -0.39 is 12.1 Å². The van der Waals surface area contributed by atoms with Crippen LogP contribution in [0.2, 0.25) is 0 Å². The molecule has 0 amide bonds. The zero-order chi connectivity index (χ0) is 21.1. The lowest BCUT2D eigenvalue weighted by atomic mass is 9.43. The molecule has 0 saturated heterocycles. The van der Waals surface area contributed by atoms with Crippen molar-refractivity contribution in [2.75, 3.05) is 0 Å². The Morgan fingerprint density at radius 1 is 1.03 bits per heavy atom. The van der Waals surface area contributed by atoms with Crippen LogP contribution in [0.5, 0.6) is 0 Å². The van der Waals surface area contributed by atoms with E-state index >= 15 is 0 Å². The summed E-state index contributed by atoms with van der Waals surface area (Å²) in [7, 11) is 0. The molecule has 6 unspecified atom stereocenters. The molecule has 0 bridgehead atoms. The number of carboxylic acid groups (broad SMARTS) is 1. The molecule has 4 N–H and O–H groups in total. The zero-order valence-corrected chi connectivity index (χ0v) is 18.3. The van der Waals surface area contributed by atoms with Gasteiger partial charge in [-0.1, -0.05) is 20.8 Å². The van der Waals surface area contributed by atoms with Gasteiger partial charge >= 0.3 is 5.97 Å². The Balaban J connectivity index is 1.61. The van der Waals surface area contributed by atoms with Gasteiger partial charge in [-0.2, -0.15) is 0 Å². The zero-order valence-electron chi connectivity index (χ0n) is 18.3. The molecule has 0 heterocycles. The quantitative estimate of drug-likeness (QED) is 0.571. The largest absolute Gasteiger partial charge is 0.481 e. The van der Waals surface area contributed by atoms with Crippen LogP contribution in [0.25, 0.3) is 0 Å². The molecule has 166 valence electrons. The second-order valence-corrected chi connectivity index (χ2v) is 11.4. The Labute approximate surface area is 174 Å². The van der Waals surface area contributed by atoms with Crippen molar-refractivity contribution in [3.8, 4) is 0 Å². The van der Waals surface area contributed by atoms with Crippen LogP contribution in [0.15, 0.2) is 0 Å². The van der Waals surface area contributed by atoms with Gasteiger partial charge in [0.05, 0.1) is 18.3 Å². The summed E-state index contributed by atoms with van der Waals surface area (Å²) in [5.74, 6) is 0.997. The lowest BCUT2D eigenvalue weighted by Gasteiger charge is -2.63. The van der Waals surface area contributed by atoms with Gasteiger partial charge < -0.3 is 20.4 Å². The molecule has 5 nitrogen and oxygen atoms in total. The molecule has 0 spiro atoms. The first-order valence-corrected chi connectivity index (χ1v) is 11.8. The summed E-state index contributed by atoms with van der Waals surface area (Å²) in [6.45, 7) is 6.72. The monoisotopic (exact) mass is 408 g/mol. The van der Waals surface area contributed by atoms with Crippen molar-refractivity contribution < 1.29 is 25.2 Å². The first-order chi connectivity index (χ1) is 13.6. The molecule has 0 aromatic rings. The summed E-state index contributed by atoms with van der Waals surface area (Å²) in [5.41, 5.74) is -0.143. The highest BCUT2D eigenvalue weighted by atomic mass is 16.4. The van der Waals surface area contributed by atoms with Crippen molar-refractivity contribution in [1.82, 2.24) is 0 Å². The van der Waals surface area contributed by atoms with E-state index in [1.807, 2.05) is 0 Å². The third-order valence-electron chi connectivity index (χ3n) is 10.3. The number of hydrogen-bond acceptors (Lipinski definition) is 4. The van der Waals surface area contributed by atoms with Gasteiger partial charge in [-0.05, 0) is 97.7 Å². The fraction of sp³-hybridized carbons (Fsp3) is 0.958. The smallest absolute Gasteiger partial charge is 0.303 e. The number of hydrogen-bond donors (Lipinski definition) is 4. The second kappa shape index (κ2) is 7.49. The predicted molar refractivity (Wildman–Crippen MR) is 110 cm³/mol.